The minimum Gasteiger partial charge on any atom is -0.378 e. The number of allylic oxidation sites excluding steroid dienone is 2. The largest absolute Gasteiger partial charge is 0.378 e. The van der Waals surface area contributed by atoms with Crippen molar-refractivity contribution in [3.8, 4) is 0 Å². The highest BCUT2D eigenvalue weighted by molar-refractivity contribution is 6.04. The molecular weight excluding hydrogens is 216 g/mol. The highest BCUT2D eigenvalue weighted by atomic mass is 16.5. The molecular formula is C13H16N2O2. The van der Waals surface area contributed by atoms with E-state index < -0.39 is 0 Å². The average Bonchev–Trinajstić information content (AvgIpc) is 2.40. The molecule has 2 heterocycles. The number of hydrogen-bond acceptors (Lipinski definition) is 4. The number of carbonyl (C=O) groups excluding carboxylic acids is 1. The molecule has 1 saturated heterocycles. The van der Waals surface area contributed by atoms with Crippen molar-refractivity contribution in [3.63, 3.8) is 0 Å². The Morgan fingerprint density at radius 1 is 1.47 bits per heavy atom. The third-order valence-corrected chi connectivity index (χ3v) is 2.80. The molecule has 0 unspecified atom stereocenters. The second-order valence-electron chi connectivity index (χ2n) is 3.99. The summed E-state index contributed by atoms with van der Waals surface area (Å²) >= 11 is 0. The number of rotatable bonds is 3. The van der Waals surface area contributed by atoms with Crippen molar-refractivity contribution in [2.75, 3.05) is 26.3 Å². The van der Waals surface area contributed by atoms with Crippen molar-refractivity contribution in [2.45, 2.75) is 6.92 Å². The number of nitrogens with zero attached hydrogens (tertiary/aromatic N) is 2. The molecule has 1 aromatic rings. The van der Waals surface area contributed by atoms with Gasteiger partial charge < -0.3 is 9.64 Å². The first kappa shape index (κ1) is 11.8. The Morgan fingerprint density at radius 2 is 2.24 bits per heavy atom. The van der Waals surface area contributed by atoms with Gasteiger partial charge >= 0.3 is 0 Å². The molecule has 0 atom stereocenters. The number of hydrogen-bond donors (Lipinski definition) is 0. The molecule has 1 aliphatic heterocycles. The fourth-order valence-corrected chi connectivity index (χ4v) is 1.79. The van der Waals surface area contributed by atoms with E-state index in [9.17, 15) is 4.79 Å². The molecule has 0 radical (unpaired) electrons. The van der Waals surface area contributed by atoms with Crippen LogP contribution in [0.2, 0.25) is 0 Å². The normalized spacial score (nSPS) is 17.0. The predicted octanol–water partition coefficient (Wildman–Crippen LogP) is 1.50. The highest BCUT2D eigenvalue weighted by Crippen LogP contribution is 2.09. The molecule has 1 fully saturated rings. The first-order valence-corrected chi connectivity index (χ1v) is 5.73. The van der Waals surface area contributed by atoms with E-state index in [0.717, 1.165) is 32.0 Å². The molecule has 0 N–H and O–H groups in total. The molecule has 0 bridgehead atoms. The van der Waals surface area contributed by atoms with Crippen molar-refractivity contribution in [1.82, 2.24) is 9.88 Å². The molecule has 0 saturated carbocycles. The Bertz CT molecular complexity index is 409. The zero-order valence-corrected chi connectivity index (χ0v) is 9.93. The van der Waals surface area contributed by atoms with Crippen LogP contribution in [0.3, 0.4) is 0 Å². The van der Waals surface area contributed by atoms with Crippen LogP contribution < -0.4 is 0 Å². The van der Waals surface area contributed by atoms with E-state index in [1.165, 1.54) is 0 Å². The zero-order chi connectivity index (χ0) is 12.1. The Hall–Kier alpha value is -1.68. The van der Waals surface area contributed by atoms with Crippen LogP contribution in [0.15, 0.2) is 36.3 Å². The zero-order valence-electron chi connectivity index (χ0n) is 9.93. The summed E-state index contributed by atoms with van der Waals surface area (Å²) in [5, 5.41) is 0. The lowest BCUT2D eigenvalue weighted by Crippen LogP contribution is -2.35. The topological polar surface area (TPSA) is 42.4 Å². The lowest BCUT2D eigenvalue weighted by molar-refractivity contribution is 0.0534. The Labute approximate surface area is 101 Å². The number of aromatic nitrogens is 1. The molecule has 4 nitrogen and oxygen atoms in total. The lowest BCUT2D eigenvalue weighted by atomic mass is 10.1. The highest BCUT2D eigenvalue weighted by Gasteiger charge is 2.12. The smallest absolute Gasteiger partial charge is 0.189 e. The van der Waals surface area contributed by atoms with E-state index in [-0.39, 0.29) is 5.78 Å². The van der Waals surface area contributed by atoms with Gasteiger partial charge in [0.2, 0.25) is 0 Å². The Balaban J connectivity index is 2.05. The number of carbonyl (C=O) groups is 1. The van der Waals surface area contributed by atoms with E-state index in [2.05, 4.69) is 9.88 Å². The summed E-state index contributed by atoms with van der Waals surface area (Å²) in [5.74, 6) is 0.00194. The summed E-state index contributed by atoms with van der Waals surface area (Å²) in [7, 11) is 0. The maximum Gasteiger partial charge on any atom is 0.189 e. The molecule has 90 valence electrons. The van der Waals surface area contributed by atoms with E-state index in [1.807, 2.05) is 6.92 Å². The quantitative estimate of drug-likeness (QED) is 0.585. The Kier molecular flexibility index (Phi) is 3.88. The number of pyridine rings is 1. The van der Waals surface area contributed by atoms with Crippen molar-refractivity contribution < 1.29 is 9.53 Å². The van der Waals surface area contributed by atoms with E-state index in [0.29, 0.717) is 5.56 Å². The third kappa shape index (κ3) is 3.14. The van der Waals surface area contributed by atoms with Crippen LogP contribution >= 0.6 is 0 Å². The van der Waals surface area contributed by atoms with Gasteiger partial charge in [0.05, 0.1) is 13.2 Å². The average molecular weight is 232 g/mol. The number of morpholine rings is 1. The van der Waals surface area contributed by atoms with Gasteiger partial charge in [-0.2, -0.15) is 0 Å². The number of ketones is 1. The minimum atomic E-state index is 0.00194. The van der Waals surface area contributed by atoms with Crippen molar-refractivity contribution >= 4 is 5.78 Å². The maximum atomic E-state index is 11.9. The van der Waals surface area contributed by atoms with Gasteiger partial charge in [0.1, 0.15) is 0 Å². The maximum absolute atomic E-state index is 11.9. The third-order valence-electron chi connectivity index (χ3n) is 2.80. The van der Waals surface area contributed by atoms with Crippen molar-refractivity contribution in [1.29, 1.82) is 0 Å². The molecule has 4 heteroatoms. The molecule has 0 spiro atoms. The first-order chi connectivity index (χ1) is 8.27. The minimum absolute atomic E-state index is 0.00194. The van der Waals surface area contributed by atoms with Crippen LogP contribution in [0.5, 0.6) is 0 Å². The van der Waals surface area contributed by atoms with Crippen molar-refractivity contribution in [2.24, 2.45) is 0 Å². The van der Waals surface area contributed by atoms with Gasteiger partial charge in [-0.3, -0.25) is 9.78 Å². The lowest BCUT2D eigenvalue weighted by Gasteiger charge is -2.29. The fourth-order valence-electron chi connectivity index (χ4n) is 1.79. The molecule has 2 rings (SSSR count). The summed E-state index contributed by atoms with van der Waals surface area (Å²) in [4.78, 5) is 18.0. The predicted molar refractivity (Wildman–Crippen MR) is 64.7 cm³/mol. The summed E-state index contributed by atoms with van der Waals surface area (Å²) < 4.78 is 5.28. The Morgan fingerprint density at radius 3 is 2.88 bits per heavy atom. The van der Waals surface area contributed by atoms with Crippen LogP contribution in [0.25, 0.3) is 0 Å². The van der Waals surface area contributed by atoms with Crippen LogP contribution in [0.1, 0.15) is 17.3 Å². The molecule has 0 amide bonds. The first-order valence-electron chi connectivity index (χ1n) is 5.73. The summed E-state index contributed by atoms with van der Waals surface area (Å²) in [6.45, 7) is 5.11. The second-order valence-corrected chi connectivity index (χ2v) is 3.99. The fraction of sp³-hybridized carbons (Fsp3) is 0.385. The summed E-state index contributed by atoms with van der Waals surface area (Å²) in [6.07, 6.45) is 4.92. The second kappa shape index (κ2) is 5.59. The molecule has 0 aliphatic carbocycles. The SMILES string of the molecule is CC(=CC(=O)c1cccnc1)N1CCOCC1. The van der Waals surface area contributed by atoms with Gasteiger partial charge in [0.15, 0.2) is 5.78 Å². The molecule has 1 aromatic heterocycles. The van der Waals surface area contributed by atoms with Gasteiger partial charge in [0, 0.05) is 42.8 Å². The molecule has 17 heavy (non-hydrogen) atoms. The van der Waals surface area contributed by atoms with Crippen LogP contribution in [0.4, 0.5) is 0 Å². The van der Waals surface area contributed by atoms with E-state index in [1.54, 1.807) is 30.6 Å². The summed E-state index contributed by atoms with van der Waals surface area (Å²) in [5.41, 5.74) is 1.61. The van der Waals surface area contributed by atoms with Crippen LogP contribution in [-0.2, 0) is 4.74 Å². The van der Waals surface area contributed by atoms with Gasteiger partial charge in [-0.1, -0.05) is 0 Å². The number of ether oxygens (including phenoxy) is 1. The molecule has 0 aromatic carbocycles. The molecule has 1 aliphatic rings. The van der Waals surface area contributed by atoms with E-state index >= 15 is 0 Å². The van der Waals surface area contributed by atoms with Gasteiger partial charge in [-0.15, -0.1) is 0 Å². The van der Waals surface area contributed by atoms with Crippen LogP contribution in [0, 0.1) is 0 Å². The van der Waals surface area contributed by atoms with Crippen LogP contribution in [-0.4, -0.2) is 42.0 Å². The van der Waals surface area contributed by atoms with Gasteiger partial charge in [-0.25, -0.2) is 0 Å². The standard InChI is InChI=1S/C13H16N2O2/c1-11(15-5-7-17-8-6-15)9-13(16)12-3-2-4-14-10-12/h2-4,9-10H,5-8H2,1H3. The monoisotopic (exact) mass is 232 g/mol. The van der Waals surface area contributed by atoms with E-state index in [4.69, 9.17) is 4.74 Å². The van der Waals surface area contributed by atoms with Gasteiger partial charge in [-0.05, 0) is 19.1 Å². The van der Waals surface area contributed by atoms with Crippen molar-refractivity contribution in [3.05, 3.63) is 41.9 Å². The van der Waals surface area contributed by atoms with Gasteiger partial charge in [0.25, 0.3) is 0 Å². The summed E-state index contributed by atoms with van der Waals surface area (Å²) in [6, 6.07) is 3.55.